The van der Waals surface area contributed by atoms with Gasteiger partial charge in [-0.1, -0.05) is 39.7 Å². The van der Waals surface area contributed by atoms with Gasteiger partial charge in [0.05, 0.1) is 0 Å². The summed E-state index contributed by atoms with van der Waals surface area (Å²) in [5.74, 6) is 0.0170. The molecular formula is C15H27NO4. The zero-order valence-corrected chi connectivity index (χ0v) is 12.9. The van der Waals surface area contributed by atoms with Crippen LogP contribution in [0.2, 0.25) is 0 Å². The summed E-state index contributed by atoms with van der Waals surface area (Å²) < 4.78 is 9.72. The van der Waals surface area contributed by atoms with Crippen LogP contribution in [0.25, 0.3) is 0 Å². The first-order valence-corrected chi connectivity index (χ1v) is 7.24. The molecule has 0 radical (unpaired) electrons. The van der Waals surface area contributed by atoms with Crippen LogP contribution in [0.5, 0.6) is 0 Å². The molecule has 20 heavy (non-hydrogen) atoms. The lowest BCUT2D eigenvalue weighted by Gasteiger charge is -2.15. The van der Waals surface area contributed by atoms with Gasteiger partial charge in [-0.2, -0.15) is 0 Å². The van der Waals surface area contributed by atoms with Crippen LogP contribution in [-0.4, -0.2) is 31.8 Å². The summed E-state index contributed by atoms with van der Waals surface area (Å²) in [6.45, 7) is 10.0. The number of ether oxygens (including phenoxy) is 2. The lowest BCUT2D eigenvalue weighted by atomic mass is 10.00. The molecule has 5 heteroatoms. The molecule has 0 heterocycles. The van der Waals surface area contributed by atoms with Crippen molar-refractivity contribution in [3.63, 3.8) is 0 Å². The van der Waals surface area contributed by atoms with E-state index >= 15 is 0 Å². The summed E-state index contributed by atoms with van der Waals surface area (Å²) in [6, 6.07) is 0. The van der Waals surface area contributed by atoms with Crippen molar-refractivity contribution in [3.8, 4) is 0 Å². The molecule has 1 unspecified atom stereocenters. The Hall–Kier alpha value is -1.52. The smallest absolute Gasteiger partial charge is 0.407 e. The quantitative estimate of drug-likeness (QED) is 0.380. The number of hydrogen-bond donors (Lipinski definition) is 1. The molecule has 0 spiro atoms. The van der Waals surface area contributed by atoms with E-state index in [2.05, 4.69) is 25.7 Å². The molecule has 1 N–H and O–H groups in total. The Morgan fingerprint density at radius 1 is 1.20 bits per heavy atom. The molecule has 5 nitrogen and oxygen atoms in total. The Labute approximate surface area is 121 Å². The predicted octanol–water partition coefficient (Wildman–Crippen LogP) is 3.05. The molecule has 0 bridgehead atoms. The average Bonchev–Trinajstić information content (AvgIpc) is 2.43. The van der Waals surface area contributed by atoms with Crippen LogP contribution in [0.4, 0.5) is 4.79 Å². The number of hydrogen-bond acceptors (Lipinski definition) is 4. The Balaban J connectivity index is 3.67. The second-order valence-corrected chi connectivity index (χ2v) is 4.85. The lowest BCUT2D eigenvalue weighted by molar-refractivity contribution is -0.139. The number of rotatable bonds is 10. The van der Waals surface area contributed by atoms with E-state index in [1.165, 1.54) is 6.42 Å². The summed E-state index contributed by atoms with van der Waals surface area (Å²) in [6.07, 6.45) is 4.02. The number of esters is 1. The highest BCUT2D eigenvalue weighted by molar-refractivity contribution is 5.86. The van der Waals surface area contributed by atoms with E-state index in [0.717, 1.165) is 19.3 Å². The van der Waals surface area contributed by atoms with Crippen molar-refractivity contribution in [2.75, 3.05) is 19.8 Å². The highest BCUT2D eigenvalue weighted by Crippen LogP contribution is 2.11. The highest BCUT2D eigenvalue weighted by Gasteiger charge is 2.09. The van der Waals surface area contributed by atoms with Crippen LogP contribution in [0.3, 0.4) is 0 Å². The fraction of sp³-hybridized carbons (Fsp3) is 0.733. The molecule has 116 valence electrons. The number of alkyl carbamates (subject to hydrolysis) is 1. The third kappa shape index (κ3) is 9.42. The van der Waals surface area contributed by atoms with Crippen molar-refractivity contribution in [3.05, 3.63) is 12.2 Å². The van der Waals surface area contributed by atoms with Crippen molar-refractivity contribution in [1.29, 1.82) is 0 Å². The molecule has 0 rings (SSSR count). The van der Waals surface area contributed by atoms with Gasteiger partial charge in [0.15, 0.2) is 0 Å². The number of unbranched alkanes of at least 4 members (excludes halogenated alkanes) is 1. The predicted molar refractivity (Wildman–Crippen MR) is 78.4 cm³/mol. The standard InChI is InChI=1S/C15H27NO4/c1-5-7-8-13(6-2)11-16-15(18)20-10-9-19-14(17)12(3)4/h13H,3,5-11H2,1-2,4H3,(H,16,18). The van der Waals surface area contributed by atoms with Crippen molar-refractivity contribution >= 4 is 12.1 Å². The van der Waals surface area contributed by atoms with Gasteiger partial charge in [-0.3, -0.25) is 0 Å². The van der Waals surface area contributed by atoms with E-state index in [1.807, 2.05) is 0 Å². The molecule has 0 aliphatic rings. The summed E-state index contributed by atoms with van der Waals surface area (Å²) in [5.41, 5.74) is 0.330. The van der Waals surface area contributed by atoms with Crippen LogP contribution < -0.4 is 5.32 Å². The van der Waals surface area contributed by atoms with E-state index in [1.54, 1.807) is 6.92 Å². The van der Waals surface area contributed by atoms with Gasteiger partial charge in [-0.15, -0.1) is 0 Å². The fourth-order valence-electron chi connectivity index (χ4n) is 1.61. The van der Waals surface area contributed by atoms with Crippen molar-refractivity contribution in [1.82, 2.24) is 5.32 Å². The summed E-state index contributed by atoms with van der Waals surface area (Å²) >= 11 is 0. The largest absolute Gasteiger partial charge is 0.459 e. The highest BCUT2D eigenvalue weighted by atomic mass is 16.6. The maximum Gasteiger partial charge on any atom is 0.407 e. The molecule has 1 atom stereocenters. The normalized spacial score (nSPS) is 11.6. The van der Waals surface area contributed by atoms with Gasteiger partial charge in [0.1, 0.15) is 13.2 Å². The van der Waals surface area contributed by atoms with E-state index in [0.29, 0.717) is 18.0 Å². The van der Waals surface area contributed by atoms with Crippen LogP contribution >= 0.6 is 0 Å². The van der Waals surface area contributed by atoms with Gasteiger partial charge < -0.3 is 14.8 Å². The summed E-state index contributed by atoms with van der Waals surface area (Å²) in [4.78, 5) is 22.5. The molecule has 0 aliphatic heterocycles. The third-order valence-corrected chi connectivity index (χ3v) is 2.98. The van der Waals surface area contributed by atoms with Crippen molar-refractivity contribution in [2.45, 2.75) is 46.5 Å². The number of carbonyl (C=O) groups excluding carboxylic acids is 2. The Morgan fingerprint density at radius 3 is 2.40 bits per heavy atom. The SMILES string of the molecule is C=C(C)C(=O)OCCOC(=O)NCC(CC)CCCC. The van der Waals surface area contributed by atoms with Gasteiger partial charge >= 0.3 is 12.1 Å². The number of nitrogens with one attached hydrogen (secondary N) is 1. The van der Waals surface area contributed by atoms with Crippen LogP contribution in [0.1, 0.15) is 46.5 Å². The summed E-state index contributed by atoms with van der Waals surface area (Å²) in [7, 11) is 0. The van der Waals surface area contributed by atoms with Gasteiger partial charge in [0.2, 0.25) is 0 Å². The molecule has 0 aliphatic carbocycles. The Bertz CT molecular complexity index is 315. The van der Waals surface area contributed by atoms with Crippen molar-refractivity contribution in [2.24, 2.45) is 5.92 Å². The van der Waals surface area contributed by atoms with E-state index < -0.39 is 12.1 Å². The fourth-order valence-corrected chi connectivity index (χ4v) is 1.61. The maximum absolute atomic E-state index is 11.4. The first kappa shape index (κ1) is 18.5. The van der Waals surface area contributed by atoms with Crippen LogP contribution in [-0.2, 0) is 14.3 Å². The minimum Gasteiger partial charge on any atom is -0.459 e. The Morgan fingerprint density at radius 2 is 1.85 bits per heavy atom. The van der Waals surface area contributed by atoms with Gasteiger partial charge in [0, 0.05) is 12.1 Å². The van der Waals surface area contributed by atoms with Gasteiger partial charge in [0.25, 0.3) is 0 Å². The molecule has 0 aromatic rings. The second-order valence-electron chi connectivity index (χ2n) is 4.85. The van der Waals surface area contributed by atoms with Crippen molar-refractivity contribution < 1.29 is 19.1 Å². The minimum absolute atomic E-state index is 0.0478. The number of amides is 1. The molecule has 0 saturated carbocycles. The van der Waals surface area contributed by atoms with Crippen LogP contribution in [0.15, 0.2) is 12.2 Å². The molecule has 1 amide bonds. The first-order chi connectivity index (χ1) is 9.51. The molecule has 0 aromatic heterocycles. The van der Waals surface area contributed by atoms with Gasteiger partial charge in [-0.25, -0.2) is 9.59 Å². The molecule has 0 fully saturated rings. The number of carbonyl (C=O) groups is 2. The van der Waals surface area contributed by atoms with E-state index in [9.17, 15) is 9.59 Å². The van der Waals surface area contributed by atoms with Crippen LogP contribution in [0, 0.1) is 5.92 Å². The topological polar surface area (TPSA) is 64.6 Å². The zero-order valence-electron chi connectivity index (χ0n) is 12.9. The first-order valence-electron chi connectivity index (χ1n) is 7.24. The van der Waals surface area contributed by atoms with E-state index in [-0.39, 0.29) is 13.2 Å². The zero-order chi connectivity index (χ0) is 15.4. The summed E-state index contributed by atoms with van der Waals surface area (Å²) in [5, 5.41) is 2.73. The second kappa shape index (κ2) is 11.3. The molecule has 0 aromatic carbocycles. The molecule has 0 saturated heterocycles. The third-order valence-electron chi connectivity index (χ3n) is 2.98. The van der Waals surface area contributed by atoms with E-state index in [4.69, 9.17) is 9.47 Å². The maximum atomic E-state index is 11.4. The molecular weight excluding hydrogens is 258 g/mol. The lowest BCUT2D eigenvalue weighted by Crippen LogP contribution is -2.30. The average molecular weight is 285 g/mol. The van der Waals surface area contributed by atoms with Gasteiger partial charge in [-0.05, 0) is 19.3 Å². The Kier molecular flexibility index (Phi) is 10.5. The minimum atomic E-state index is -0.473. The monoisotopic (exact) mass is 285 g/mol.